The Morgan fingerprint density at radius 2 is 2.20 bits per heavy atom. The molecule has 25 heavy (non-hydrogen) atoms. The Bertz CT molecular complexity index is 978. The molecule has 1 saturated heterocycles. The average Bonchev–Trinajstić information content (AvgIpc) is 3.28. The van der Waals surface area contributed by atoms with Crippen molar-refractivity contribution < 1.29 is 4.79 Å². The first-order chi connectivity index (χ1) is 12.1. The number of aryl methyl sites for hydroxylation is 1. The number of amides is 1. The number of carbonyl (C=O) groups excluding carboxylic acids is 1. The summed E-state index contributed by atoms with van der Waals surface area (Å²) in [6, 6.07) is 9.77. The lowest BCUT2D eigenvalue weighted by molar-refractivity contribution is -0.132. The molecule has 0 aliphatic carbocycles. The van der Waals surface area contributed by atoms with Crippen molar-refractivity contribution in [1.29, 1.82) is 0 Å². The van der Waals surface area contributed by atoms with E-state index >= 15 is 0 Å². The van der Waals surface area contributed by atoms with Gasteiger partial charge in [0.25, 0.3) is 5.56 Å². The minimum atomic E-state index is -0.158. The minimum absolute atomic E-state index is 0.0215. The van der Waals surface area contributed by atoms with Gasteiger partial charge >= 0.3 is 0 Å². The van der Waals surface area contributed by atoms with Crippen molar-refractivity contribution in [2.75, 3.05) is 6.54 Å². The Balaban J connectivity index is 1.62. The molecule has 1 atom stereocenters. The van der Waals surface area contributed by atoms with E-state index in [9.17, 15) is 9.59 Å². The zero-order valence-corrected chi connectivity index (χ0v) is 14.8. The third-order valence-corrected chi connectivity index (χ3v) is 5.78. The molecule has 128 valence electrons. The van der Waals surface area contributed by atoms with Crippen molar-refractivity contribution in [3.8, 4) is 0 Å². The number of aromatic nitrogens is 2. The van der Waals surface area contributed by atoms with Gasteiger partial charge in [-0.25, -0.2) is 4.98 Å². The van der Waals surface area contributed by atoms with Crippen molar-refractivity contribution in [1.82, 2.24) is 14.5 Å². The van der Waals surface area contributed by atoms with Crippen molar-refractivity contribution in [3.05, 3.63) is 62.8 Å². The summed E-state index contributed by atoms with van der Waals surface area (Å²) in [7, 11) is 0. The molecular weight excluding hydrogens is 334 g/mol. The smallest absolute Gasteiger partial charge is 0.261 e. The molecule has 0 N–H and O–H groups in total. The van der Waals surface area contributed by atoms with Crippen LogP contribution in [0.4, 0.5) is 0 Å². The second-order valence-corrected chi connectivity index (χ2v) is 7.39. The van der Waals surface area contributed by atoms with Crippen LogP contribution in [0.3, 0.4) is 0 Å². The van der Waals surface area contributed by atoms with Gasteiger partial charge in [-0.3, -0.25) is 14.2 Å². The van der Waals surface area contributed by atoms with Gasteiger partial charge < -0.3 is 4.90 Å². The van der Waals surface area contributed by atoms with Crippen LogP contribution < -0.4 is 5.56 Å². The molecule has 1 aliphatic rings. The molecular formula is C19H19N3O2S. The standard InChI is InChI=1S/C19H19N3O2S/c1-13-5-2-6-14-18(13)20-12-21(19(14)24)11-17(23)22-9-3-7-15(22)16-8-4-10-25-16/h2,4-6,8,10,12,15H,3,7,9,11H2,1H3. The predicted octanol–water partition coefficient (Wildman–Crippen LogP) is 3.13. The number of benzene rings is 1. The lowest BCUT2D eigenvalue weighted by atomic mass is 10.1. The summed E-state index contributed by atoms with van der Waals surface area (Å²) in [6.45, 7) is 2.72. The summed E-state index contributed by atoms with van der Waals surface area (Å²) in [5.41, 5.74) is 1.51. The van der Waals surface area contributed by atoms with Crippen molar-refractivity contribution >= 4 is 28.1 Å². The van der Waals surface area contributed by atoms with Gasteiger partial charge in [-0.1, -0.05) is 18.2 Å². The monoisotopic (exact) mass is 353 g/mol. The van der Waals surface area contributed by atoms with Gasteiger partial charge in [0.2, 0.25) is 5.91 Å². The SMILES string of the molecule is Cc1cccc2c(=O)n(CC(=O)N3CCCC3c3cccs3)cnc12. The molecule has 4 rings (SSSR count). The first-order valence-corrected chi connectivity index (χ1v) is 9.31. The van der Waals surface area contributed by atoms with Gasteiger partial charge in [0.15, 0.2) is 0 Å². The van der Waals surface area contributed by atoms with Gasteiger partial charge in [0.05, 0.1) is 23.3 Å². The highest BCUT2D eigenvalue weighted by Gasteiger charge is 2.30. The van der Waals surface area contributed by atoms with Gasteiger partial charge in [0.1, 0.15) is 6.54 Å². The second kappa shape index (κ2) is 6.44. The molecule has 1 aliphatic heterocycles. The molecule has 5 nitrogen and oxygen atoms in total. The lowest BCUT2D eigenvalue weighted by Gasteiger charge is -2.24. The third-order valence-electron chi connectivity index (χ3n) is 4.81. The van der Waals surface area contributed by atoms with Crippen molar-refractivity contribution in [3.63, 3.8) is 0 Å². The highest BCUT2D eigenvalue weighted by Crippen LogP contribution is 2.34. The topological polar surface area (TPSA) is 55.2 Å². The zero-order chi connectivity index (χ0) is 17.4. The molecule has 0 saturated carbocycles. The van der Waals surface area contributed by atoms with Crippen LogP contribution >= 0.6 is 11.3 Å². The van der Waals surface area contributed by atoms with Crippen molar-refractivity contribution in [2.24, 2.45) is 0 Å². The first-order valence-electron chi connectivity index (χ1n) is 8.43. The normalized spacial score (nSPS) is 17.3. The van der Waals surface area contributed by atoms with E-state index in [0.717, 1.165) is 24.9 Å². The van der Waals surface area contributed by atoms with Crippen LogP contribution in [0.1, 0.15) is 29.3 Å². The minimum Gasteiger partial charge on any atom is -0.333 e. The number of fused-ring (bicyclic) bond motifs is 1. The Morgan fingerprint density at radius 3 is 3.00 bits per heavy atom. The van der Waals surface area contributed by atoms with E-state index in [4.69, 9.17) is 0 Å². The average molecular weight is 353 g/mol. The zero-order valence-electron chi connectivity index (χ0n) is 14.0. The fraction of sp³-hybridized carbons (Fsp3) is 0.316. The van der Waals surface area contributed by atoms with Crippen molar-refractivity contribution in [2.45, 2.75) is 32.4 Å². The van der Waals surface area contributed by atoms with Gasteiger partial charge in [-0.05, 0) is 42.8 Å². The molecule has 2 aromatic heterocycles. The van der Waals surface area contributed by atoms with Crippen LogP contribution in [0, 0.1) is 6.92 Å². The number of para-hydroxylation sites is 1. The molecule has 0 radical (unpaired) electrons. The molecule has 0 bridgehead atoms. The first kappa shape index (κ1) is 16.0. The molecule has 1 amide bonds. The summed E-state index contributed by atoms with van der Waals surface area (Å²) in [4.78, 5) is 33.0. The van der Waals surface area contributed by atoms with Gasteiger partial charge in [-0.2, -0.15) is 0 Å². The summed E-state index contributed by atoms with van der Waals surface area (Å²) in [5.74, 6) is -0.0215. The summed E-state index contributed by atoms with van der Waals surface area (Å²) >= 11 is 1.68. The summed E-state index contributed by atoms with van der Waals surface area (Å²) < 4.78 is 1.42. The summed E-state index contributed by atoms with van der Waals surface area (Å²) in [5, 5.41) is 2.60. The van der Waals surface area contributed by atoms with E-state index in [1.807, 2.05) is 35.4 Å². The van der Waals surface area contributed by atoms with E-state index in [0.29, 0.717) is 10.9 Å². The maximum Gasteiger partial charge on any atom is 0.261 e. The molecule has 3 heterocycles. The molecule has 6 heteroatoms. The Hall–Kier alpha value is -2.47. The van der Waals surface area contributed by atoms with E-state index in [1.165, 1.54) is 15.8 Å². The molecule has 3 aromatic rings. The van der Waals surface area contributed by atoms with Crippen LogP contribution in [-0.2, 0) is 11.3 Å². The van der Waals surface area contributed by atoms with Gasteiger partial charge in [0, 0.05) is 11.4 Å². The van der Waals surface area contributed by atoms with Crippen LogP contribution in [0.15, 0.2) is 46.8 Å². The Labute approximate surface area is 149 Å². The highest BCUT2D eigenvalue weighted by molar-refractivity contribution is 7.10. The molecule has 1 aromatic carbocycles. The molecule has 0 spiro atoms. The van der Waals surface area contributed by atoms with E-state index < -0.39 is 0 Å². The van der Waals surface area contributed by atoms with Crippen LogP contribution in [0.5, 0.6) is 0 Å². The number of carbonyl (C=O) groups is 1. The van der Waals surface area contributed by atoms with Gasteiger partial charge in [-0.15, -0.1) is 11.3 Å². The predicted molar refractivity (Wildman–Crippen MR) is 98.7 cm³/mol. The number of nitrogens with zero attached hydrogens (tertiary/aromatic N) is 3. The van der Waals surface area contributed by atoms with Crippen LogP contribution in [0.25, 0.3) is 10.9 Å². The van der Waals surface area contributed by atoms with E-state index in [2.05, 4.69) is 11.1 Å². The lowest BCUT2D eigenvalue weighted by Crippen LogP contribution is -2.36. The number of hydrogen-bond donors (Lipinski definition) is 0. The Morgan fingerprint density at radius 1 is 1.32 bits per heavy atom. The number of hydrogen-bond acceptors (Lipinski definition) is 4. The fourth-order valence-corrected chi connectivity index (χ4v) is 4.40. The quantitative estimate of drug-likeness (QED) is 0.727. The number of thiophene rings is 1. The molecule has 1 fully saturated rings. The van der Waals surface area contributed by atoms with E-state index in [-0.39, 0.29) is 24.1 Å². The van der Waals surface area contributed by atoms with Crippen LogP contribution in [0.2, 0.25) is 0 Å². The number of likely N-dealkylation sites (tertiary alicyclic amines) is 1. The third kappa shape index (κ3) is 2.87. The Kier molecular flexibility index (Phi) is 4.13. The highest BCUT2D eigenvalue weighted by atomic mass is 32.1. The largest absolute Gasteiger partial charge is 0.333 e. The number of rotatable bonds is 3. The second-order valence-electron chi connectivity index (χ2n) is 6.41. The maximum atomic E-state index is 12.8. The summed E-state index contributed by atoms with van der Waals surface area (Å²) in [6.07, 6.45) is 3.47. The van der Waals surface area contributed by atoms with Crippen LogP contribution in [-0.4, -0.2) is 26.9 Å². The molecule has 1 unspecified atom stereocenters. The fourth-order valence-electron chi connectivity index (χ4n) is 3.53. The maximum absolute atomic E-state index is 12.8. The van der Waals surface area contributed by atoms with E-state index in [1.54, 1.807) is 17.4 Å².